The molecule has 2 aromatic rings. The lowest BCUT2D eigenvalue weighted by Crippen LogP contribution is -2.40. The van der Waals surface area contributed by atoms with Gasteiger partial charge in [0.05, 0.1) is 18.4 Å². The monoisotopic (exact) mass is 421 g/mol. The molecule has 1 aliphatic heterocycles. The smallest absolute Gasteiger partial charge is 0.253 e. The number of methoxy groups -OCH3 is 1. The summed E-state index contributed by atoms with van der Waals surface area (Å²) in [5, 5.41) is 3.51. The highest BCUT2D eigenvalue weighted by molar-refractivity contribution is 9.10. The van der Waals surface area contributed by atoms with E-state index in [1.54, 1.807) is 13.2 Å². The molecule has 1 fully saturated rings. The Morgan fingerprint density at radius 3 is 2.69 bits per heavy atom. The Bertz CT molecular complexity index is 807. The van der Waals surface area contributed by atoms with Gasteiger partial charge in [0, 0.05) is 35.4 Å². The fourth-order valence-corrected chi connectivity index (χ4v) is 3.68. The third kappa shape index (κ3) is 4.09. The van der Waals surface area contributed by atoms with Crippen LogP contribution in [0.2, 0.25) is 0 Å². The van der Waals surface area contributed by atoms with Crippen molar-refractivity contribution in [1.82, 2.24) is 0 Å². The van der Waals surface area contributed by atoms with Gasteiger partial charge in [0.2, 0.25) is 0 Å². The maximum absolute atomic E-state index is 14.2. The summed E-state index contributed by atoms with van der Waals surface area (Å²) < 4.78 is 20.0. The summed E-state index contributed by atoms with van der Waals surface area (Å²) in [6, 6.07) is 11.1. The summed E-state index contributed by atoms with van der Waals surface area (Å²) in [4.78, 5) is 13.7. The molecule has 0 saturated carbocycles. The number of rotatable bonds is 5. The number of primary amides is 1. The molecule has 0 spiro atoms. The summed E-state index contributed by atoms with van der Waals surface area (Å²) in [5.41, 5.74) is 6.89. The predicted octanol–water partition coefficient (Wildman–Crippen LogP) is 3.78. The van der Waals surface area contributed by atoms with Crippen molar-refractivity contribution in [2.45, 2.75) is 18.9 Å². The number of carbonyl (C=O) groups excluding carboxylic acids is 1. The summed E-state index contributed by atoms with van der Waals surface area (Å²) in [6.45, 7) is 1.41. The molecule has 26 heavy (non-hydrogen) atoms. The largest absolute Gasteiger partial charge is 0.497 e. The molecule has 1 heterocycles. The Morgan fingerprint density at radius 1 is 1.31 bits per heavy atom. The van der Waals surface area contributed by atoms with Crippen LogP contribution in [0.4, 0.5) is 15.8 Å². The summed E-state index contributed by atoms with van der Waals surface area (Å²) in [6.07, 6.45) is 1.73. The Balaban J connectivity index is 1.70. The molecule has 5 nitrogen and oxygen atoms in total. The number of amides is 1. The van der Waals surface area contributed by atoms with Crippen molar-refractivity contribution in [2.75, 3.05) is 30.4 Å². The van der Waals surface area contributed by atoms with E-state index in [9.17, 15) is 9.18 Å². The van der Waals surface area contributed by atoms with Crippen LogP contribution in [0.1, 0.15) is 23.2 Å². The summed E-state index contributed by atoms with van der Waals surface area (Å²) in [7, 11) is 1.64. The fourth-order valence-electron chi connectivity index (χ4n) is 3.27. The molecule has 1 amide bonds. The minimum atomic E-state index is -0.748. The van der Waals surface area contributed by atoms with Crippen LogP contribution in [0, 0.1) is 5.82 Å². The fraction of sp³-hybridized carbons (Fsp3) is 0.316. The van der Waals surface area contributed by atoms with Gasteiger partial charge in [-0.2, -0.15) is 0 Å². The van der Waals surface area contributed by atoms with E-state index in [1.165, 1.54) is 6.07 Å². The van der Waals surface area contributed by atoms with E-state index < -0.39 is 11.7 Å². The first-order valence-electron chi connectivity index (χ1n) is 8.42. The molecule has 0 atom stereocenters. The minimum Gasteiger partial charge on any atom is -0.497 e. The molecule has 3 N–H and O–H groups in total. The van der Waals surface area contributed by atoms with Gasteiger partial charge in [-0.3, -0.25) is 4.79 Å². The zero-order chi connectivity index (χ0) is 18.7. The second-order valence-corrected chi connectivity index (χ2v) is 7.20. The first-order valence-corrected chi connectivity index (χ1v) is 9.21. The van der Waals surface area contributed by atoms with Crippen molar-refractivity contribution in [3.05, 3.63) is 52.3 Å². The topological polar surface area (TPSA) is 67.6 Å². The Labute approximate surface area is 160 Å². The van der Waals surface area contributed by atoms with E-state index in [0.717, 1.165) is 24.3 Å². The van der Waals surface area contributed by atoms with Gasteiger partial charge in [0.1, 0.15) is 11.6 Å². The maximum Gasteiger partial charge on any atom is 0.253 e. The molecular formula is C19H21BrFN3O2. The summed E-state index contributed by atoms with van der Waals surface area (Å²) >= 11 is 3.29. The highest BCUT2D eigenvalue weighted by Gasteiger charge is 2.25. The molecule has 7 heteroatoms. The molecule has 0 radical (unpaired) electrons. The van der Waals surface area contributed by atoms with Gasteiger partial charge < -0.3 is 20.7 Å². The van der Waals surface area contributed by atoms with Crippen LogP contribution in [0.25, 0.3) is 0 Å². The number of nitrogens with two attached hydrogens (primary N) is 1. The van der Waals surface area contributed by atoms with Gasteiger partial charge in [0.15, 0.2) is 0 Å². The number of halogens is 2. The highest BCUT2D eigenvalue weighted by Crippen LogP contribution is 2.30. The normalized spacial score (nSPS) is 15.0. The molecule has 138 valence electrons. The lowest BCUT2D eigenvalue weighted by atomic mass is 10.0. The molecule has 1 aliphatic rings. The van der Waals surface area contributed by atoms with E-state index in [2.05, 4.69) is 21.2 Å². The second kappa shape index (κ2) is 7.95. The van der Waals surface area contributed by atoms with E-state index in [0.29, 0.717) is 29.3 Å². The predicted molar refractivity (Wildman–Crippen MR) is 104 cm³/mol. The number of ether oxygens (including phenoxy) is 1. The SMILES string of the molecule is COc1cccc(NC2CCN(c3cc(Br)cc(F)c3C(N)=O)CC2)c1. The zero-order valence-electron chi connectivity index (χ0n) is 14.5. The van der Waals surface area contributed by atoms with Crippen LogP contribution in [-0.4, -0.2) is 32.1 Å². The van der Waals surface area contributed by atoms with Crippen LogP contribution >= 0.6 is 15.9 Å². The molecule has 0 aromatic heterocycles. The molecule has 0 aliphatic carbocycles. The average Bonchev–Trinajstić information content (AvgIpc) is 2.61. The first kappa shape index (κ1) is 18.5. The van der Waals surface area contributed by atoms with Gasteiger partial charge >= 0.3 is 0 Å². The maximum atomic E-state index is 14.2. The van der Waals surface area contributed by atoms with Gasteiger partial charge in [-0.25, -0.2) is 4.39 Å². The number of anilines is 2. The number of hydrogen-bond acceptors (Lipinski definition) is 4. The van der Waals surface area contributed by atoms with Crippen molar-refractivity contribution in [2.24, 2.45) is 5.73 Å². The quantitative estimate of drug-likeness (QED) is 0.770. The number of benzene rings is 2. The Kier molecular flexibility index (Phi) is 5.66. The second-order valence-electron chi connectivity index (χ2n) is 6.28. The lowest BCUT2D eigenvalue weighted by Gasteiger charge is -2.35. The number of hydrogen-bond donors (Lipinski definition) is 2. The van der Waals surface area contributed by atoms with E-state index in [4.69, 9.17) is 10.5 Å². The van der Waals surface area contributed by atoms with Crippen LogP contribution < -0.4 is 20.7 Å². The third-order valence-corrected chi connectivity index (χ3v) is 5.01. The van der Waals surface area contributed by atoms with Gasteiger partial charge in [-0.1, -0.05) is 22.0 Å². The highest BCUT2D eigenvalue weighted by atomic mass is 79.9. The zero-order valence-corrected chi connectivity index (χ0v) is 16.1. The van der Waals surface area contributed by atoms with E-state index in [-0.39, 0.29) is 5.56 Å². The average molecular weight is 422 g/mol. The number of carbonyl (C=O) groups is 1. The van der Waals surface area contributed by atoms with Crippen molar-refractivity contribution in [1.29, 1.82) is 0 Å². The Hall–Kier alpha value is -2.28. The molecule has 3 rings (SSSR count). The molecular weight excluding hydrogens is 401 g/mol. The summed E-state index contributed by atoms with van der Waals surface area (Å²) in [5.74, 6) is -0.539. The van der Waals surface area contributed by atoms with Crippen LogP contribution in [0.15, 0.2) is 40.9 Å². The molecule has 2 aromatic carbocycles. The van der Waals surface area contributed by atoms with E-state index >= 15 is 0 Å². The standard InChI is InChI=1S/C19H21BrFN3O2/c1-26-15-4-2-3-14(11-15)23-13-5-7-24(8-6-13)17-10-12(20)9-16(21)18(17)19(22)25/h2-4,9-11,13,23H,5-8H2,1H3,(H2,22,25). The molecule has 0 bridgehead atoms. The third-order valence-electron chi connectivity index (χ3n) is 4.56. The van der Waals surface area contributed by atoms with Crippen LogP contribution in [0.5, 0.6) is 5.75 Å². The van der Waals surface area contributed by atoms with Crippen molar-refractivity contribution >= 4 is 33.2 Å². The van der Waals surface area contributed by atoms with E-state index in [1.807, 2.05) is 29.2 Å². The van der Waals surface area contributed by atoms with Crippen LogP contribution in [-0.2, 0) is 0 Å². The van der Waals surface area contributed by atoms with Crippen LogP contribution in [0.3, 0.4) is 0 Å². The Morgan fingerprint density at radius 2 is 2.04 bits per heavy atom. The van der Waals surface area contributed by atoms with Crippen molar-refractivity contribution < 1.29 is 13.9 Å². The molecule has 1 saturated heterocycles. The van der Waals surface area contributed by atoms with Gasteiger partial charge in [-0.15, -0.1) is 0 Å². The van der Waals surface area contributed by atoms with Crippen molar-refractivity contribution in [3.63, 3.8) is 0 Å². The lowest BCUT2D eigenvalue weighted by molar-refractivity contribution is 0.0997. The molecule has 0 unspecified atom stereocenters. The number of nitrogens with zero attached hydrogens (tertiary/aromatic N) is 1. The van der Waals surface area contributed by atoms with Gasteiger partial charge in [-0.05, 0) is 37.1 Å². The first-order chi connectivity index (χ1) is 12.5. The minimum absolute atomic E-state index is 0.0487. The number of nitrogens with one attached hydrogen (secondary N) is 1. The van der Waals surface area contributed by atoms with Crippen molar-refractivity contribution in [3.8, 4) is 5.75 Å². The van der Waals surface area contributed by atoms with Gasteiger partial charge in [0.25, 0.3) is 5.91 Å². The number of piperidine rings is 1.